The molecule has 2 N–H and O–H groups in total. The number of thiazole rings is 1. The van der Waals surface area contributed by atoms with Crippen LogP contribution in [0.5, 0.6) is 0 Å². The molecule has 0 bridgehead atoms. The molecule has 0 unspecified atom stereocenters. The molecule has 2 aliphatic carbocycles. The largest absolute Gasteiger partial charge is 0.390 e. The van der Waals surface area contributed by atoms with Crippen molar-refractivity contribution in [1.29, 1.82) is 0 Å². The second-order valence-corrected chi connectivity index (χ2v) is 12.0. The minimum absolute atomic E-state index is 0.0768. The number of hydrogen-bond donors (Lipinski definition) is 2. The Kier molecular flexibility index (Phi) is 6.33. The molecule has 38 heavy (non-hydrogen) atoms. The summed E-state index contributed by atoms with van der Waals surface area (Å²) >= 11 is 7.83. The first kappa shape index (κ1) is 24.4. The van der Waals surface area contributed by atoms with Gasteiger partial charge in [-0.1, -0.05) is 42.0 Å². The maximum atomic E-state index is 11.3. The molecule has 9 heteroatoms. The third-order valence-corrected chi connectivity index (χ3v) is 9.42. The van der Waals surface area contributed by atoms with E-state index in [2.05, 4.69) is 38.5 Å². The number of aliphatic hydroxyl groups is 2. The fourth-order valence-corrected chi connectivity index (χ4v) is 7.19. The van der Waals surface area contributed by atoms with Crippen LogP contribution >= 0.6 is 22.9 Å². The number of aromatic nitrogens is 4. The van der Waals surface area contributed by atoms with E-state index in [4.69, 9.17) is 16.6 Å². The van der Waals surface area contributed by atoms with E-state index in [1.807, 2.05) is 29.0 Å². The van der Waals surface area contributed by atoms with E-state index >= 15 is 0 Å². The molecule has 1 aromatic carbocycles. The molecule has 3 aliphatic rings. The fraction of sp³-hybridized carbons (Fsp3) is 0.414. The molecule has 4 heterocycles. The number of aliphatic hydroxyl groups excluding tert-OH is 2. The SMILES string of the molecule is O[C@@H]1[C@H](O)[C@@H](C2=CCCN(C3CC3)C2)C[C@H]1n1cc(-c2nc(Cc3ccccc3)cs2)c2cnc(Cl)nc21. The maximum absolute atomic E-state index is 11.3. The van der Waals surface area contributed by atoms with Crippen LogP contribution in [0.25, 0.3) is 21.6 Å². The Balaban J connectivity index is 1.21. The lowest BCUT2D eigenvalue weighted by atomic mass is 9.91. The summed E-state index contributed by atoms with van der Waals surface area (Å²) in [6.45, 7) is 1.98. The molecule has 7 nitrogen and oxygen atoms in total. The highest BCUT2D eigenvalue weighted by Crippen LogP contribution is 2.44. The van der Waals surface area contributed by atoms with Gasteiger partial charge >= 0.3 is 0 Å². The summed E-state index contributed by atoms with van der Waals surface area (Å²) in [6, 6.07) is 10.7. The minimum Gasteiger partial charge on any atom is -0.390 e. The maximum Gasteiger partial charge on any atom is 0.224 e. The van der Waals surface area contributed by atoms with Crippen LogP contribution in [0.2, 0.25) is 5.28 Å². The van der Waals surface area contributed by atoms with Crippen molar-refractivity contribution in [3.63, 3.8) is 0 Å². The van der Waals surface area contributed by atoms with E-state index in [-0.39, 0.29) is 17.2 Å². The summed E-state index contributed by atoms with van der Waals surface area (Å²) in [4.78, 5) is 16.3. The van der Waals surface area contributed by atoms with Gasteiger partial charge in [-0.15, -0.1) is 11.3 Å². The van der Waals surface area contributed by atoms with E-state index in [0.717, 1.165) is 47.6 Å². The molecule has 2 fully saturated rings. The van der Waals surface area contributed by atoms with Gasteiger partial charge in [0.1, 0.15) is 16.8 Å². The Labute approximate surface area is 230 Å². The van der Waals surface area contributed by atoms with Gasteiger partial charge in [0.15, 0.2) is 0 Å². The minimum atomic E-state index is -0.903. The first-order chi connectivity index (χ1) is 18.5. The Morgan fingerprint density at radius 3 is 2.74 bits per heavy atom. The number of hydrogen-bond acceptors (Lipinski definition) is 7. The number of fused-ring (bicyclic) bond motifs is 1. The quantitative estimate of drug-likeness (QED) is 0.264. The molecule has 0 amide bonds. The molecular formula is C29H30ClN5O2S. The van der Waals surface area contributed by atoms with E-state index in [0.29, 0.717) is 18.1 Å². The van der Waals surface area contributed by atoms with Crippen LogP contribution in [0, 0.1) is 5.92 Å². The molecule has 7 rings (SSSR count). The lowest BCUT2D eigenvalue weighted by molar-refractivity contribution is 0.0109. The Morgan fingerprint density at radius 2 is 1.92 bits per heavy atom. The van der Waals surface area contributed by atoms with E-state index < -0.39 is 12.2 Å². The van der Waals surface area contributed by atoms with Crippen molar-refractivity contribution in [2.75, 3.05) is 13.1 Å². The third kappa shape index (κ3) is 4.48. The number of benzene rings is 1. The van der Waals surface area contributed by atoms with Gasteiger partial charge in [0.2, 0.25) is 5.28 Å². The lowest BCUT2D eigenvalue weighted by Crippen LogP contribution is -2.36. The monoisotopic (exact) mass is 547 g/mol. The number of nitrogens with zero attached hydrogens (tertiary/aromatic N) is 5. The van der Waals surface area contributed by atoms with Crippen molar-refractivity contribution in [2.45, 2.75) is 56.4 Å². The summed E-state index contributed by atoms with van der Waals surface area (Å²) in [5.41, 5.74) is 5.06. The average Bonchev–Trinajstić information content (AvgIpc) is 3.49. The molecule has 0 saturated heterocycles. The molecule has 0 spiro atoms. The van der Waals surface area contributed by atoms with Crippen molar-refractivity contribution in [3.8, 4) is 10.6 Å². The first-order valence-electron chi connectivity index (χ1n) is 13.4. The van der Waals surface area contributed by atoms with Gasteiger partial charge in [0, 0.05) is 60.2 Å². The van der Waals surface area contributed by atoms with Gasteiger partial charge in [-0.3, -0.25) is 4.90 Å². The lowest BCUT2D eigenvalue weighted by Gasteiger charge is -2.31. The predicted molar refractivity (Wildman–Crippen MR) is 149 cm³/mol. The highest BCUT2D eigenvalue weighted by molar-refractivity contribution is 7.13. The van der Waals surface area contributed by atoms with E-state index in [1.165, 1.54) is 24.0 Å². The van der Waals surface area contributed by atoms with Crippen LogP contribution in [-0.4, -0.2) is 66.0 Å². The Hall–Kier alpha value is -2.62. The molecular weight excluding hydrogens is 518 g/mol. The Morgan fingerprint density at radius 1 is 1.08 bits per heavy atom. The van der Waals surface area contributed by atoms with Crippen LogP contribution in [-0.2, 0) is 6.42 Å². The van der Waals surface area contributed by atoms with E-state index in [9.17, 15) is 10.2 Å². The van der Waals surface area contributed by atoms with Gasteiger partial charge in [0.05, 0.1) is 17.8 Å². The second kappa shape index (κ2) is 9.84. The molecule has 196 valence electrons. The van der Waals surface area contributed by atoms with Crippen molar-refractivity contribution < 1.29 is 10.2 Å². The Bertz CT molecular complexity index is 1500. The summed E-state index contributed by atoms with van der Waals surface area (Å²) < 4.78 is 1.99. The van der Waals surface area contributed by atoms with Crippen molar-refractivity contribution in [1.82, 2.24) is 24.4 Å². The average molecular weight is 548 g/mol. The molecule has 1 aliphatic heterocycles. The zero-order valence-corrected chi connectivity index (χ0v) is 22.5. The zero-order valence-electron chi connectivity index (χ0n) is 20.9. The van der Waals surface area contributed by atoms with Crippen LogP contribution in [0.3, 0.4) is 0 Å². The molecule has 3 aromatic heterocycles. The first-order valence-corrected chi connectivity index (χ1v) is 14.6. The zero-order chi connectivity index (χ0) is 25.8. The molecule has 4 aromatic rings. The molecule has 0 radical (unpaired) electrons. The smallest absolute Gasteiger partial charge is 0.224 e. The highest BCUT2D eigenvalue weighted by atomic mass is 35.5. The third-order valence-electron chi connectivity index (χ3n) is 8.31. The van der Waals surface area contributed by atoms with Crippen LogP contribution in [0.15, 0.2) is 59.8 Å². The van der Waals surface area contributed by atoms with Crippen LogP contribution < -0.4 is 0 Å². The van der Waals surface area contributed by atoms with Crippen LogP contribution in [0.4, 0.5) is 0 Å². The summed E-state index contributed by atoms with van der Waals surface area (Å²) in [7, 11) is 0. The highest BCUT2D eigenvalue weighted by Gasteiger charge is 2.45. The standard InChI is InChI=1S/C29H30ClN5O2S/c30-29-31-13-22-23(28-32-19(16-38-28)11-17-5-2-1-3-6-17)15-35(27(22)33-29)24-12-21(25(36)26(24)37)18-7-4-10-34(14-18)20-8-9-20/h1-3,5-7,13,15-16,20-21,24-26,36-37H,4,8-12,14H2/t21-,24-,25-,26+/m1/s1. The molecule has 2 saturated carbocycles. The predicted octanol–water partition coefficient (Wildman–Crippen LogP) is 4.88. The topological polar surface area (TPSA) is 87.3 Å². The van der Waals surface area contributed by atoms with Crippen molar-refractivity contribution >= 4 is 34.0 Å². The second-order valence-electron chi connectivity index (χ2n) is 10.8. The fourth-order valence-electron chi connectivity index (χ4n) is 6.22. The van der Waals surface area contributed by atoms with Gasteiger partial charge in [-0.05, 0) is 42.8 Å². The van der Waals surface area contributed by atoms with Crippen molar-refractivity contribution in [3.05, 3.63) is 76.3 Å². The van der Waals surface area contributed by atoms with Gasteiger partial charge in [0.25, 0.3) is 0 Å². The number of halogens is 1. The van der Waals surface area contributed by atoms with Crippen molar-refractivity contribution in [2.24, 2.45) is 5.92 Å². The van der Waals surface area contributed by atoms with E-state index in [1.54, 1.807) is 17.5 Å². The summed E-state index contributed by atoms with van der Waals surface area (Å²) in [5.74, 6) is -0.0768. The van der Waals surface area contributed by atoms with Gasteiger partial charge in [-0.25, -0.2) is 9.97 Å². The van der Waals surface area contributed by atoms with Gasteiger partial charge in [-0.2, -0.15) is 4.98 Å². The van der Waals surface area contributed by atoms with Crippen LogP contribution in [0.1, 0.15) is 43.0 Å². The number of rotatable bonds is 6. The summed E-state index contributed by atoms with van der Waals surface area (Å²) in [5, 5.41) is 26.4. The molecule has 4 atom stereocenters. The summed E-state index contributed by atoms with van der Waals surface area (Å²) in [6.07, 6.45) is 9.27. The normalized spacial score (nSPS) is 26.2. The van der Waals surface area contributed by atoms with Gasteiger partial charge < -0.3 is 14.8 Å².